The van der Waals surface area contributed by atoms with Crippen LogP contribution < -0.4 is 0 Å². The van der Waals surface area contributed by atoms with Crippen LogP contribution in [0.1, 0.15) is 51.0 Å². The molecule has 0 fully saturated rings. The van der Waals surface area contributed by atoms with Crippen LogP contribution in [0.15, 0.2) is 150 Å². The van der Waals surface area contributed by atoms with Crippen molar-refractivity contribution in [3.05, 3.63) is 191 Å². The van der Waals surface area contributed by atoms with Gasteiger partial charge in [0.25, 0.3) is 0 Å². The first kappa shape index (κ1) is 37.8. The van der Waals surface area contributed by atoms with E-state index >= 15 is 0 Å². The summed E-state index contributed by atoms with van der Waals surface area (Å²) in [5.74, 6) is 1.14. The van der Waals surface area contributed by atoms with Gasteiger partial charge in [0.1, 0.15) is 5.82 Å². The molecule has 0 aliphatic carbocycles. The largest absolute Gasteiger partial charge is 0.421 e. The number of carbonyl (C=O) groups is 1. The molecule has 1 aromatic heterocycles. The lowest BCUT2D eigenvalue weighted by atomic mass is 10.1. The van der Waals surface area contributed by atoms with E-state index in [2.05, 4.69) is 78.6 Å². The van der Waals surface area contributed by atoms with E-state index < -0.39 is 0 Å². The number of aromatic nitrogens is 2. The molecule has 4 nitrogen and oxygen atoms in total. The van der Waals surface area contributed by atoms with Crippen LogP contribution in [-0.4, -0.2) is 16.0 Å². The second-order valence-electron chi connectivity index (χ2n) is 11.7. The maximum absolute atomic E-state index is 12.1. The molecule has 0 amide bonds. The molecule has 7 aromatic rings. The Hall–Kier alpha value is -5.68. The normalized spacial score (nSPS) is 9.71. The van der Waals surface area contributed by atoms with Crippen molar-refractivity contribution in [2.45, 2.75) is 48.5 Å². The Balaban J connectivity index is 0.000000169. The van der Waals surface area contributed by atoms with Gasteiger partial charge in [0.05, 0.1) is 0 Å². The Morgan fingerprint density at radius 3 is 1.61 bits per heavy atom. The number of fused-ring (bicyclic) bond motifs is 1. The number of Topliss-reactive ketones (excluding diaryl/α,β-unsaturated/α-hetero) is 1. The summed E-state index contributed by atoms with van der Waals surface area (Å²) in [6, 6.07) is 47.1. The Kier molecular flexibility index (Phi) is 15.3. The molecule has 5 heteroatoms. The third-order valence-electron chi connectivity index (χ3n) is 7.17. The summed E-state index contributed by atoms with van der Waals surface area (Å²) in [4.78, 5) is 10.8. The first-order valence-electron chi connectivity index (χ1n) is 16.1. The van der Waals surface area contributed by atoms with Gasteiger partial charge in [-0.1, -0.05) is 138 Å². The van der Waals surface area contributed by atoms with E-state index in [1.165, 1.54) is 39.6 Å². The lowest BCUT2D eigenvalue weighted by molar-refractivity contribution is 0.101. The van der Waals surface area contributed by atoms with Crippen LogP contribution in [0.3, 0.4) is 0 Å². The van der Waals surface area contributed by atoms with E-state index in [1.54, 1.807) is 26.0 Å². The first-order chi connectivity index (χ1) is 23.5. The molecule has 7 rings (SSSR count). The van der Waals surface area contributed by atoms with Gasteiger partial charge in [-0.05, 0) is 88.2 Å². The summed E-state index contributed by atoms with van der Waals surface area (Å²) in [7, 11) is 0. The smallest absolute Gasteiger partial charge is 0.247 e. The average molecular weight is 653 g/mol. The number of hydrogen-bond acceptors (Lipinski definition) is 4. The molecule has 1 heterocycles. The zero-order valence-electron chi connectivity index (χ0n) is 29.4. The highest BCUT2D eigenvalue weighted by molar-refractivity contribution is 5.94. The van der Waals surface area contributed by atoms with Crippen molar-refractivity contribution in [3.63, 3.8) is 0 Å². The molecular formula is C44H45FN2O2. The minimum atomic E-state index is -0.171. The molecule has 0 radical (unpaired) electrons. The zero-order chi connectivity index (χ0) is 35.6. The van der Waals surface area contributed by atoms with Gasteiger partial charge in [-0.2, -0.15) is 0 Å². The van der Waals surface area contributed by atoms with Gasteiger partial charge in [-0.15, -0.1) is 10.2 Å². The first-order valence-corrected chi connectivity index (χ1v) is 16.1. The van der Waals surface area contributed by atoms with E-state index in [4.69, 9.17) is 4.42 Å². The Labute approximate surface area is 290 Å². The van der Waals surface area contributed by atoms with Gasteiger partial charge in [-0.25, -0.2) is 4.39 Å². The molecule has 0 spiro atoms. The van der Waals surface area contributed by atoms with Gasteiger partial charge < -0.3 is 4.42 Å². The number of aryl methyl sites for hydroxylation is 6. The summed E-state index contributed by atoms with van der Waals surface area (Å²) in [5.41, 5.74) is 7.85. The molecule has 49 heavy (non-hydrogen) atoms. The summed E-state index contributed by atoms with van der Waals surface area (Å²) < 4.78 is 17.4. The fraction of sp³-hybridized carbons (Fsp3) is 0.159. The molecule has 0 bridgehead atoms. The third kappa shape index (κ3) is 13.9. The molecule has 0 aliphatic rings. The van der Waals surface area contributed by atoms with Crippen LogP contribution in [0.4, 0.5) is 4.39 Å². The van der Waals surface area contributed by atoms with E-state index in [0.717, 1.165) is 22.3 Å². The SMILES string of the molecule is CC(=O)c1cccc(C)c1.Cc1ccc(F)cc1.Cc1cccc(-c2nnc(C)o2)c1.Cc1cccc2ccccc12.Cc1ccccc1. The Morgan fingerprint density at radius 2 is 1.10 bits per heavy atom. The van der Waals surface area contributed by atoms with Crippen molar-refractivity contribution in [2.75, 3.05) is 0 Å². The van der Waals surface area contributed by atoms with Gasteiger partial charge in [0.2, 0.25) is 11.8 Å². The van der Waals surface area contributed by atoms with Crippen LogP contribution in [0.5, 0.6) is 0 Å². The maximum Gasteiger partial charge on any atom is 0.247 e. The molecule has 0 atom stereocenters. The summed E-state index contributed by atoms with van der Waals surface area (Å²) >= 11 is 0. The highest BCUT2D eigenvalue weighted by Gasteiger charge is 2.04. The van der Waals surface area contributed by atoms with E-state index in [-0.39, 0.29) is 11.6 Å². The van der Waals surface area contributed by atoms with Crippen LogP contribution >= 0.6 is 0 Å². The van der Waals surface area contributed by atoms with Crippen molar-refractivity contribution in [1.29, 1.82) is 0 Å². The summed E-state index contributed by atoms with van der Waals surface area (Å²) in [6.07, 6.45) is 0. The standard InChI is InChI=1S/C11H10.C10H10N2O.C9H10O.C7H7F.C7H8/c1-9-5-4-7-10-6-2-3-8-11(9)10;1-7-4-3-5-9(6-7)10-12-11-8(2)13-10;1-7-4-3-5-9(6-7)8(2)10;1-6-2-4-7(8)5-3-6;1-7-5-3-2-4-6-7/h2-8H,1H3;3-6H,1-2H3;3-6H,1-2H3;2-5H,1H3;2-6H,1H3. The molecule has 250 valence electrons. The highest BCUT2D eigenvalue weighted by atomic mass is 19.1. The predicted molar refractivity (Wildman–Crippen MR) is 201 cm³/mol. The number of hydrogen-bond donors (Lipinski definition) is 0. The Bertz CT molecular complexity index is 1990. The molecule has 0 N–H and O–H groups in total. The lowest BCUT2D eigenvalue weighted by Crippen LogP contribution is -1.90. The number of benzene rings is 6. The summed E-state index contributed by atoms with van der Waals surface area (Å²) in [6.45, 7) is 13.5. The molecule has 0 saturated heterocycles. The van der Waals surface area contributed by atoms with Gasteiger partial charge in [0, 0.05) is 18.1 Å². The monoisotopic (exact) mass is 652 g/mol. The second-order valence-corrected chi connectivity index (χ2v) is 11.7. The van der Waals surface area contributed by atoms with E-state index in [0.29, 0.717) is 11.8 Å². The fourth-order valence-electron chi connectivity index (χ4n) is 4.51. The maximum atomic E-state index is 12.1. The number of rotatable bonds is 2. The van der Waals surface area contributed by atoms with Gasteiger partial charge in [0.15, 0.2) is 5.78 Å². The van der Waals surface area contributed by atoms with E-state index in [9.17, 15) is 9.18 Å². The minimum absolute atomic E-state index is 0.128. The van der Waals surface area contributed by atoms with Crippen molar-refractivity contribution in [1.82, 2.24) is 10.2 Å². The quantitative estimate of drug-likeness (QED) is 0.174. The number of ketones is 1. The zero-order valence-corrected chi connectivity index (χ0v) is 29.4. The van der Waals surface area contributed by atoms with Gasteiger partial charge in [-0.3, -0.25) is 4.79 Å². The average Bonchev–Trinajstić information content (AvgIpc) is 3.54. The molecular weight excluding hydrogens is 607 g/mol. The fourth-order valence-corrected chi connectivity index (χ4v) is 4.51. The van der Waals surface area contributed by atoms with Crippen molar-refractivity contribution < 1.29 is 13.6 Å². The molecule has 0 saturated carbocycles. The number of nitrogens with zero attached hydrogens (tertiary/aromatic N) is 2. The Morgan fingerprint density at radius 1 is 0.551 bits per heavy atom. The van der Waals surface area contributed by atoms with Gasteiger partial charge >= 0.3 is 0 Å². The highest BCUT2D eigenvalue weighted by Crippen LogP contribution is 2.18. The van der Waals surface area contributed by atoms with Crippen LogP contribution in [0.25, 0.3) is 22.2 Å². The van der Waals surface area contributed by atoms with Crippen LogP contribution in [0, 0.1) is 47.4 Å². The predicted octanol–water partition coefficient (Wildman–Crippen LogP) is 11.8. The van der Waals surface area contributed by atoms with Crippen molar-refractivity contribution in [2.24, 2.45) is 0 Å². The van der Waals surface area contributed by atoms with Crippen LogP contribution in [-0.2, 0) is 0 Å². The lowest BCUT2D eigenvalue weighted by Gasteiger charge is -1.98. The molecule has 0 aliphatic heterocycles. The third-order valence-corrected chi connectivity index (χ3v) is 7.17. The topological polar surface area (TPSA) is 56.0 Å². The molecule has 0 unspecified atom stereocenters. The second kappa shape index (κ2) is 19.9. The number of halogens is 1. The number of carbonyl (C=O) groups excluding carboxylic acids is 1. The van der Waals surface area contributed by atoms with Crippen LogP contribution in [0.2, 0.25) is 0 Å². The van der Waals surface area contributed by atoms with Crippen molar-refractivity contribution >= 4 is 16.6 Å². The van der Waals surface area contributed by atoms with E-state index in [1.807, 2.05) is 87.5 Å². The molecule has 6 aromatic carbocycles. The minimum Gasteiger partial charge on any atom is -0.421 e. The van der Waals surface area contributed by atoms with Crippen molar-refractivity contribution in [3.8, 4) is 11.5 Å². The summed E-state index contributed by atoms with van der Waals surface area (Å²) in [5, 5.41) is 10.4.